The summed E-state index contributed by atoms with van der Waals surface area (Å²) >= 11 is 0. The van der Waals surface area contributed by atoms with Crippen molar-refractivity contribution in [3.05, 3.63) is 55.9 Å². The van der Waals surface area contributed by atoms with E-state index in [1.165, 1.54) is 4.68 Å². The van der Waals surface area contributed by atoms with Gasteiger partial charge in [-0.3, -0.25) is 9.78 Å². The van der Waals surface area contributed by atoms with Gasteiger partial charge in [-0.25, -0.2) is 4.79 Å². The van der Waals surface area contributed by atoms with E-state index >= 15 is 0 Å². The van der Waals surface area contributed by atoms with Crippen LogP contribution in [0.5, 0.6) is 0 Å². The molecule has 0 aliphatic carbocycles. The Bertz CT molecular complexity index is 683. The highest BCUT2D eigenvalue weighted by molar-refractivity contribution is 5.38. The molecule has 1 N–H and O–H groups in total. The zero-order valence-electron chi connectivity index (χ0n) is 9.94. The van der Waals surface area contributed by atoms with Gasteiger partial charge < -0.3 is 0 Å². The van der Waals surface area contributed by atoms with Gasteiger partial charge in [0.2, 0.25) is 0 Å². The van der Waals surface area contributed by atoms with Crippen LogP contribution in [0.25, 0.3) is 5.69 Å². The van der Waals surface area contributed by atoms with Gasteiger partial charge in [-0.15, -0.1) is 0 Å². The molecule has 0 spiro atoms. The number of aromatic nitrogens is 3. The SMILES string of the molecule is Cc1ccc(-n2nc(C)c(=O)[nH]c2=O)cc1C. The van der Waals surface area contributed by atoms with E-state index in [0.29, 0.717) is 5.69 Å². The van der Waals surface area contributed by atoms with Gasteiger partial charge in [-0.05, 0) is 44.0 Å². The number of rotatable bonds is 1. The van der Waals surface area contributed by atoms with E-state index in [1.807, 2.05) is 26.0 Å². The molecule has 0 aliphatic heterocycles. The zero-order valence-corrected chi connectivity index (χ0v) is 9.94. The second-order valence-corrected chi connectivity index (χ2v) is 4.03. The number of nitrogens with zero attached hydrogens (tertiary/aromatic N) is 2. The number of hydrogen-bond acceptors (Lipinski definition) is 3. The van der Waals surface area contributed by atoms with Crippen molar-refractivity contribution in [2.45, 2.75) is 20.8 Å². The maximum atomic E-state index is 11.6. The Morgan fingerprint density at radius 1 is 1.12 bits per heavy atom. The van der Waals surface area contributed by atoms with Gasteiger partial charge in [0.05, 0.1) is 5.69 Å². The van der Waals surface area contributed by atoms with Crippen molar-refractivity contribution in [2.75, 3.05) is 0 Å². The lowest BCUT2D eigenvalue weighted by molar-refractivity contribution is 0.727. The molecule has 17 heavy (non-hydrogen) atoms. The molecule has 1 aromatic heterocycles. The molecule has 0 fully saturated rings. The highest BCUT2D eigenvalue weighted by Gasteiger charge is 2.05. The molecular formula is C12H13N3O2. The standard InChI is InChI=1S/C12H13N3O2/c1-7-4-5-10(6-8(7)2)15-12(17)13-11(16)9(3)14-15/h4-6H,1-3H3,(H,13,16,17). The van der Waals surface area contributed by atoms with Gasteiger partial charge >= 0.3 is 5.69 Å². The van der Waals surface area contributed by atoms with Gasteiger partial charge in [0.1, 0.15) is 5.69 Å². The number of aryl methyl sites for hydroxylation is 3. The highest BCUT2D eigenvalue weighted by atomic mass is 16.2. The van der Waals surface area contributed by atoms with Gasteiger partial charge in [-0.2, -0.15) is 9.78 Å². The monoisotopic (exact) mass is 231 g/mol. The largest absolute Gasteiger partial charge is 0.349 e. The lowest BCUT2D eigenvalue weighted by Gasteiger charge is -2.06. The number of nitrogens with one attached hydrogen (secondary N) is 1. The maximum Gasteiger partial charge on any atom is 0.349 e. The molecular weight excluding hydrogens is 218 g/mol. The number of H-pyrrole nitrogens is 1. The van der Waals surface area contributed by atoms with Crippen molar-refractivity contribution in [3.8, 4) is 5.69 Å². The van der Waals surface area contributed by atoms with Crippen molar-refractivity contribution < 1.29 is 0 Å². The Balaban J connectivity index is 2.68. The Hall–Kier alpha value is -2.17. The quantitative estimate of drug-likeness (QED) is 0.791. The topological polar surface area (TPSA) is 67.8 Å². The third-order valence-corrected chi connectivity index (χ3v) is 2.73. The van der Waals surface area contributed by atoms with Crippen LogP contribution in [0.1, 0.15) is 16.8 Å². The Labute approximate surface area is 97.7 Å². The van der Waals surface area contributed by atoms with Crippen LogP contribution in [0, 0.1) is 20.8 Å². The fraction of sp³-hybridized carbons (Fsp3) is 0.250. The Morgan fingerprint density at radius 3 is 2.47 bits per heavy atom. The second-order valence-electron chi connectivity index (χ2n) is 4.03. The van der Waals surface area contributed by atoms with Crippen molar-refractivity contribution in [2.24, 2.45) is 0 Å². The molecule has 0 atom stereocenters. The molecule has 0 amide bonds. The van der Waals surface area contributed by atoms with E-state index in [9.17, 15) is 9.59 Å². The molecule has 0 aliphatic rings. The zero-order chi connectivity index (χ0) is 12.6. The number of aromatic amines is 1. The smallest absolute Gasteiger partial charge is 0.271 e. The van der Waals surface area contributed by atoms with E-state index in [2.05, 4.69) is 10.1 Å². The normalized spacial score (nSPS) is 10.5. The van der Waals surface area contributed by atoms with E-state index in [0.717, 1.165) is 11.1 Å². The predicted molar refractivity (Wildman–Crippen MR) is 64.7 cm³/mol. The first-order chi connectivity index (χ1) is 7.99. The van der Waals surface area contributed by atoms with E-state index in [1.54, 1.807) is 13.0 Å². The summed E-state index contributed by atoms with van der Waals surface area (Å²) in [5.74, 6) is 0. The molecule has 0 radical (unpaired) electrons. The molecule has 5 nitrogen and oxygen atoms in total. The molecule has 2 aromatic rings. The minimum atomic E-state index is -0.524. The number of hydrogen-bond donors (Lipinski definition) is 1. The van der Waals surface area contributed by atoms with Gasteiger partial charge in [0.15, 0.2) is 0 Å². The fourth-order valence-corrected chi connectivity index (χ4v) is 1.51. The first-order valence-electron chi connectivity index (χ1n) is 5.27. The average Bonchev–Trinajstić information content (AvgIpc) is 2.27. The summed E-state index contributed by atoms with van der Waals surface area (Å²) in [5, 5.41) is 3.97. The van der Waals surface area contributed by atoms with Crippen LogP contribution in [0.3, 0.4) is 0 Å². The predicted octanol–water partition coefficient (Wildman–Crippen LogP) is 0.846. The van der Waals surface area contributed by atoms with Crippen LogP contribution >= 0.6 is 0 Å². The van der Waals surface area contributed by atoms with Crippen molar-refractivity contribution in [1.82, 2.24) is 14.8 Å². The van der Waals surface area contributed by atoms with Gasteiger partial charge in [-0.1, -0.05) is 6.07 Å². The molecule has 2 rings (SSSR count). The fourth-order valence-electron chi connectivity index (χ4n) is 1.51. The van der Waals surface area contributed by atoms with Crippen LogP contribution in [-0.4, -0.2) is 14.8 Å². The van der Waals surface area contributed by atoms with Gasteiger partial charge in [0.25, 0.3) is 5.56 Å². The Kier molecular flexibility index (Phi) is 2.67. The molecule has 5 heteroatoms. The summed E-state index contributed by atoms with van der Waals surface area (Å²) in [6.45, 7) is 5.52. The summed E-state index contributed by atoms with van der Waals surface area (Å²) in [6, 6.07) is 5.58. The van der Waals surface area contributed by atoms with Crippen molar-refractivity contribution >= 4 is 0 Å². The van der Waals surface area contributed by atoms with Crippen LogP contribution in [0.2, 0.25) is 0 Å². The summed E-state index contributed by atoms with van der Waals surface area (Å²) in [5.41, 5.74) is 2.15. The first kappa shape index (κ1) is 11.3. The van der Waals surface area contributed by atoms with Crippen LogP contribution in [0.15, 0.2) is 27.8 Å². The van der Waals surface area contributed by atoms with E-state index < -0.39 is 11.2 Å². The first-order valence-corrected chi connectivity index (χ1v) is 5.27. The summed E-state index contributed by atoms with van der Waals surface area (Å²) in [7, 11) is 0. The van der Waals surface area contributed by atoms with Crippen LogP contribution < -0.4 is 11.2 Å². The van der Waals surface area contributed by atoms with Crippen molar-refractivity contribution in [3.63, 3.8) is 0 Å². The third-order valence-electron chi connectivity index (χ3n) is 2.73. The molecule has 1 aromatic carbocycles. The minimum absolute atomic E-state index is 0.267. The lowest BCUT2D eigenvalue weighted by atomic mass is 10.1. The molecule has 0 saturated heterocycles. The van der Waals surface area contributed by atoms with E-state index in [4.69, 9.17) is 0 Å². The second kappa shape index (κ2) is 4.01. The minimum Gasteiger partial charge on any atom is -0.271 e. The molecule has 88 valence electrons. The average molecular weight is 231 g/mol. The molecule has 0 bridgehead atoms. The Morgan fingerprint density at radius 2 is 1.82 bits per heavy atom. The number of benzene rings is 1. The third kappa shape index (κ3) is 2.04. The maximum absolute atomic E-state index is 11.6. The lowest BCUT2D eigenvalue weighted by Crippen LogP contribution is -2.32. The van der Waals surface area contributed by atoms with Crippen LogP contribution in [0.4, 0.5) is 0 Å². The highest BCUT2D eigenvalue weighted by Crippen LogP contribution is 2.11. The van der Waals surface area contributed by atoms with Crippen molar-refractivity contribution in [1.29, 1.82) is 0 Å². The van der Waals surface area contributed by atoms with Crippen LogP contribution in [-0.2, 0) is 0 Å². The summed E-state index contributed by atoms with van der Waals surface area (Å²) < 4.78 is 1.20. The summed E-state index contributed by atoms with van der Waals surface area (Å²) in [4.78, 5) is 25.1. The van der Waals surface area contributed by atoms with E-state index in [-0.39, 0.29) is 5.69 Å². The summed E-state index contributed by atoms with van der Waals surface area (Å²) in [6.07, 6.45) is 0. The van der Waals surface area contributed by atoms with Gasteiger partial charge in [0, 0.05) is 0 Å². The molecule has 0 saturated carbocycles. The molecule has 1 heterocycles. The molecule has 0 unspecified atom stereocenters.